The number of aromatic nitrogens is 3. The summed E-state index contributed by atoms with van der Waals surface area (Å²) in [7, 11) is 0. The summed E-state index contributed by atoms with van der Waals surface area (Å²) in [4.78, 5) is 4.35. The summed E-state index contributed by atoms with van der Waals surface area (Å²) in [5.74, 6) is 1.44. The van der Waals surface area contributed by atoms with Crippen molar-refractivity contribution in [2.24, 2.45) is 0 Å². The molecule has 126 valence electrons. The van der Waals surface area contributed by atoms with Crippen LogP contribution in [0.3, 0.4) is 0 Å². The lowest BCUT2D eigenvalue weighted by Crippen LogP contribution is -2.15. The highest BCUT2D eigenvalue weighted by Gasteiger charge is 2.19. The number of fused-ring (bicyclic) bond motifs is 2. The number of nitrogens with one attached hydrogen (secondary N) is 2. The van der Waals surface area contributed by atoms with E-state index in [1.165, 1.54) is 0 Å². The molecule has 1 aliphatic rings. The average molecular weight is 336 g/mol. The highest BCUT2D eigenvalue weighted by Crippen LogP contribution is 2.32. The normalized spacial score (nSPS) is 17.4. The van der Waals surface area contributed by atoms with Crippen molar-refractivity contribution in [1.82, 2.24) is 15.2 Å². The van der Waals surface area contributed by atoms with Crippen LogP contribution in [0.25, 0.3) is 22.0 Å². The van der Waals surface area contributed by atoms with Crippen molar-refractivity contribution in [3.8, 4) is 5.75 Å². The van der Waals surface area contributed by atoms with Crippen LogP contribution in [0.5, 0.6) is 5.75 Å². The minimum absolute atomic E-state index is 0.0973. The standard InChI is InChI=1S/C18H16N4O3/c1-2-14-17(19-6-1)18(22-21-14)20-11-3-4-13-15(8-11)24-10-16(13)25-12-5-7-23-9-12/h1-4,6,8,10,12H,5,7,9H2,(H2,20,21,22). The fourth-order valence-electron chi connectivity index (χ4n) is 3.04. The van der Waals surface area contributed by atoms with Gasteiger partial charge in [-0.3, -0.25) is 10.1 Å². The van der Waals surface area contributed by atoms with Crippen LogP contribution in [0.1, 0.15) is 6.42 Å². The molecule has 2 N–H and O–H groups in total. The Labute approximate surface area is 142 Å². The van der Waals surface area contributed by atoms with Crippen molar-refractivity contribution in [2.45, 2.75) is 12.5 Å². The Morgan fingerprint density at radius 2 is 2.28 bits per heavy atom. The number of aromatic amines is 1. The summed E-state index contributed by atoms with van der Waals surface area (Å²) in [6.45, 7) is 1.38. The van der Waals surface area contributed by atoms with E-state index in [4.69, 9.17) is 13.9 Å². The van der Waals surface area contributed by atoms with Gasteiger partial charge >= 0.3 is 0 Å². The van der Waals surface area contributed by atoms with Crippen molar-refractivity contribution in [1.29, 1.82) is 0 Å². The van der Waals surface area contributed by atoms with Gasteiger partial charge in [-0.1, -0.05) is 0 Å². The molecule has 5 rings (SSSR count). The number of anilines is 2. The molecule has 1 aliphatic heterocycles. The first-order chi connectivity index (χ1) is 12.4. The molecule has 7 heteroatoms. The third-order valence-corrected chi connectivity index (χ3v) is 4.30. The summed E-state index contributed by atoms with van der Waals surface area (Å²) in [5, 5.41) is 11.5. The van der Waals surface area contributed by atoms with Crippen molar-refractivity contribution in [3.05, 3.63) is 42.8 Å². The Balaban J connectivity index is 1.43. The molecule has 4 aromatic rings. The van der Waals surface area contributed by atoms with Gasteiger partial charge in [-0.05, 0) is 24.3 Å². The number of ether oxygens (including phenoxy) is 2. The monoisotopic (exact) mass is 336 g/mol. The maximum atomic E-state index is 5.97. The van der Waals surface area contributed by atoms with E-state index in [0.29, 0.717) is 12.4 Å². The summed E-state index contributed by atoms with van der Waals surface area (Å²) < 4.78 is 17.0. The Morgan fingerprint density at radius 3 is 3.20 bits per heavy atom. The number of rotatable bonds is 4. The van der Waals surface area contributed by atoms with Crippen molar-refractivity contribution >= 4 is 33.5 Å². The molecule has 25 heavy (non-hydrogen) atoms. The zero-order valence-electron chi connectivity index (χ0n) is 13.4. The van der Waals surface area contributed by atoms with Gasteiger partial charge in [0, 0.05) is 24.4 Å². The molecule has 7 nitrogen and oxygen atoms in total. The lowest BCUT2D eigenvalue weighted by atomic mass is 10.2. The topological polar surface area (TPSA) is 85.2 Å². The number of benzene rings is 1. The molecule has 1 fully saturated rings. The first-order valence-electron chi connectivity index (χ1n) is 8.18. The van der Waals surface area contributed by atoms with Gasteiger partial charge < -0.3 is 19.2 Å². The fourth-order valence-corrected chi connectivity index (χ4v) is 3.04. The van der Waals surface area contributed by atoms with E-state index in [2.05, 4.69) is 20.5 Å². The Hall–Kier alpha value is -3.06. The number of hydrogen-bond donors (Lipinski definition) is 2. The summed E-state index contributed by atoms with van der Waals surface area (Å²) in [6.07, 6.45) is 4.40. The van der Waals surface area contributed by atoms with E-state index in [1.807, 2.05) is 30.3 Å². The van der Waals surface area contributed by atoms with E-state index in [0.717, 1.165) is 46.5 Å². The first-order valence-corrected chi connectivity index (χ1v) is 8.18. The van der Waals surface area contributed by atoms with E-state index < -0.39 is 0 Å². The van der Waals surface area contributed by atoms with Crippen LogP contribution in [0.4, 0.5) is 11.5 Å². The highest BCUT2D eigenvalue weighted by atomic mass is 16.5. The maximum Gasteiger partial charge on any atom is 0.178 e. The molecule has 0 radical (unpaired) electrons. The van der Waals surface area contributed by atoms with Gasteiger partial charge in [0.2, 0.25) is 0 Å². The highest BCUT2D eigenvalue weighted by molar-refractivity contribution is 5.90. The molecular formula is C18H16N4O3. The summed E-state index contributed by atoms with van der Waals surface area (Å²) >= 11 is 0. The van der Waals surface area contributed by atoms with Crippen molar-refractivity contribution < 1.29 is 13.9 Å². The van der Waals surface area contributed by atoms with Gasteiger partial charge in [-0.25, -0.2) is 0 Å². The number of nitrogens with zero attached hydrogens (tertiary/aromatic N) is 2. The van der Waals surface area contributed by atoms with Gasteiger partial charge in [0.1, 0.15) is 23.5 Å². The molecule has 1 unspecified atom stereocenters. The minimum Gasteiger partial charge on any atom is -0.484 e. The largest absolute Gasteiger partial charge is 0.484 e. The van der Waals surface area contributed by atoms with Crippen LogP contribution in [0.15, 0.2) is 47.2 Å². The Kier molecular flexibility index (Phi) is 3.31. The second-order valence-electron chi connectivity index (χ2n) is 6.01. The molecule has 0 spiro atoms. The Bertz CT molecular complexity index is 1030. The zero-order valence-corrected chi connectivity index (χ0v) is 13.4. The number of pyridine rings is 1. The Morgan fingerprint density at radius 1 is 1.28 bits per heavy atom. The zero-order chi connectivity index (χ0) is 16.6. The number of furan rings is 1. The number of hydrogen-bond acceptors (Lipinski definition) is 6. The maximum absolute atomic E-state index is 5.97. The molecule has 1 saturated heterocycles. The van der Waals surface area contributed by atoms with E-state index in [-0.39, 0.29) is 6.10 Å². The van der Waals surface area contributed by atoms with Crippen LogP contribution >= 0.6 is 0 Å². The van der Waals surface area contributed by atoms with Crippen LogP contribution in [-0.4, -0.2) is 34.5 Å². The predicted octanol–water partition coefficient (Wildman–Crippen LogP) is 3.62. The first kappa shape index (κ1) is 14.3. The minimum atomic E-state index is 0.0973. The fraction of sp³-hybridized carbons (Fsp3) is 0.222. The molecule has 0 bridgehead atoms. The average Bonchev–Trinajstić information content (AvgIpc) is 3.37. The van der Waals surface area contributed by atoms with Crippen molar-refractivity contribution in [3.63, 3.8) is 0 Å². The molecule has 4 heterocycles. The van der Waals surface area contributed by atoms with Crippen LogP contribution < -0.4 is 10.1 Å². The third kappa shape index (κ3) is 2.58. The van der Waals surface area contributed by atoms with Crippen LogP contribution in [-0.2, 0) is 4.74 Å². The van der Waals surface area contributed by atoms with Crippen LogP contribution in [0.2, 0.25) is 0 Å². The quantitative estimate of drug-likeness (QED) is 0.592. The predicted molar refractivity (Wildman–Crippen MR) is 93.2 cm³/mol. The molecule has 1 aromatic carbocycles. The van der Waals surface area contributed by atoms with Gasteiger partial charge in [-0.15, -0.1) is 0 Å². The molecule has 3 aromatic heterocycles. The summed E-state index contributed by atoms with van der Waals surface area (Å²) in [5.41, 5.74) is 3.31. The third-order valence-electron chi connectivity index (χ3n) is 4.30. The van der Waals surface area contributed by atoms with Crippen LogP contribution in [0, 0.1) is 0 Å². The van der Waals surface area contributed by atoms with E-state index in [1.54, 1.807) is 12.5 Å². The van der Waals surface area contributed by atoms with Gasteiger partial charge in [0.25, 0.3) is 0 Å². The van der Waals surface area contributed by atoms with E-state index in [9.17, 15) is 0 Å². The SMILES string of the molecule is c1cnc2c(Nc3ccc4c(OC5CCOC5)coc4c3)n[nH]c2c1. The molecule has 0 saturated carbocycles. The van der Waals surface area contributed by atoms with E-state index >= 15 is 0 Å². The second kappa shape index (κ2) is 5.78. The van der Waals surface area contributed by atoms with Gasteiger partial charge in [0.15, 0.2) is 11.6 Å². The molecule has 1 atom stereocenters. The second-order valence-corrected chi connectivity index (χ2v) is 6.01. The lowest BCUT2D eigenvalue weighted by Gasteiger charge is -2.09. The van der Waals surface area contributed by atoms with Gasteiger partial charge in [-0.2, -0.15) is 5.10 Å². The molecule has 0 amide bonds. The van der Waals surface area contributed by atoms with Crippen molar-refractivity contribution in [2.75, 3.05) is 18.5 Å². The number of H-pyrrole nitrogens is 1. The molecule has 0 aliphatic carbocycles. The smallest absolute Gasteiger partial charge is 0.178 e. The molecular weight excluding hydrogens is 320 g/mol. The lowest BCUT2D eigenvalue weighted by molar-refractivity contribution is 0.141. The van der Waals surface area contributed by atoms with Gasteiger partial charge in [0.05, 0.1) is 24.1 Å². The summed E-state index contributed by atoms with van der Waals surface area (Å²) in [6, 6.07) is 9.69.